The molecule has 1 fully saturated rings. The van der Waals surface area contributed by atoms with E-state index in [1.807, 2.05) is 0 Å². The Morgan fingerprint density at radius 1 is 0.850 bits per heavy atom. The Morgan fingerprint density at radius 3 is 1.95 bits per heavy atom. The van der Waals surface area contributed by atoms with Gasteiger partial charge in [-0.05, 0) is 25.2 Å². The lowest BCUT2D eigenvalue weighted by atomic mass is 9.89. The van der Waals surface area contributed by atoms with Crippen LogP contribution in [0.25, 0.3) is 0 Å². The third-order valence-electron chi connectivity index (χ3n) is 5.05. The molecule has 0 aromatic heterocycles. The molecule has 0 heterocycles. The highest BCUT2D eigenvalue weighted by atomic mass is 15.2. The first-order valence-corrected chi connectivity index (χ1v) is 9.34. The smallest absolute Gasteiger partial charge is 0.0238 e. The van der Waals surface area contributed by atoms with Crippen molar-refractivity contribution in [2.45, 2.75) is 109 Å². The van der Waals surface area contributed by atoms with Gasteiger partial charge in [0, 0.05) is 6.04 Å². The third kappa shape index (κ3) is 8.26. The molecule has 0 bridgehead atoms. The Hall–Kier alpha value is -0.0800. The number of hydrazine groups is 1. The summed E-state index contributed by atoms with van der Waals surface area (Å²) in [6.45, 7) is 2.29. The second kappa shape index (κ2) is 12.6. The van der Waals surface area contributed by atoms with Gasteiger partial charge >= 0.3 is 0 Å². The zero-order chi connectivity index (χ0) is 14.5. The molecule has 1 unspecified atom stereocenters. The van der Waals surface area contributed by atoms with E-state index in [1.54, 1.807) is 0 Å². The lowest BCUT2D eigenvalue weighted by Crippen LogP contribution is -2.40. The molecule has 3 N–H and O–H groups in total. The Bertz CT molecular complexity index is 198. The minimum absolute atomic E-state index is 0.577. The summed E-state index contributed by atoms with van der Waals surface area (Å²) in [6, 6.07) is 0.577. The molecule has 0 radical (unpaired) electrons. The highest BCUT2D eigenvalue weighted by molar-refractivity contribution is 4.76. The fraction of sp³-hybridized carbons (Fsp3) is 1.00. The van der Waals surface area contributed by atoms with E-state index in [1.165, 1.54) is 96.3 Å². The van der Waals surface area contributed by atoms with Gasteiger partial charge in [-0.2, -0.15) is 0 Å². The van der Waals surface area contributed by atoms with Crippen LogP contribution in [0.3, 0.4) is 0 Å². The average molecular weight is 283 g/mol. The van der Waals surface area contributed by atoms with Gasteiger partial charge < -0.3 is 0 Å². The van der Waals surface area contributed by atoms with E-state index < -0.39 is 0 Å². The standard InChI is InChI=1S/C18H38N2/c1-2-3-4-5-6-7-8-13-16-18(20-19)17-14-11-9-10-12-15-17/h17-18,20H,2-16,19H2,1H3. The molecule has 1 aliphatic rings. The van der Waals surface area contributed by atoms with Crippen molar-refractivity contribution < 1.29 is 0 Å². The van der Waals surface area contributed by atoms with Crippen molar-refractivity contribution in [2.24, 2.45) is 11.8 Å². The zero-order valence-corrected chi connectivity index (χ0v) is 13.8. The van der Waals surface area contributed by atoms with Crippen LogP contribution in [0.1, 0.15) is 103 Å². The quantitative estimate of drug-likeness (QED) is 0.233. The first kappa shape index (κ1) is 18.0. The highest BCUT2D eigenvalue weighted by Crippen LogP contribution is 2.27. The number of rotatable bonds is 11. The fourth-order valence-electron chi connectivity index (χ4n) is 3.67. The maximum absolute atomic E-state index is 5.80. The van der Waals surface area contributed by atoms with Crippen LogP contribution in [0.2, 0.25) is 0 Å². The topological polar surface area (TPSA) is 38.0 Å². The molecule has 0 aliphatic heterocycles. The molecule has 1 rings (SSSR count). The summed E-state index contributed by atoms with van der Waals surface area (Å²) < 4.78 is 0. The van der Waals surface area contributed by atoms with Gasteiger partial charge in [-0.25, -0.2) is 0 Å². The predicted molar refractivity (Wildman–Crippen MR) is 89.5 cm³/mol. The molecule has 1 saturated carbocycles. The number of hydrogen-bond donors (Lipinski definition) is 2. The summed E-state index contributed by atoms with van der Waals surface area (Å²) in [6.07, 6.45) is 21.0. The van der Waals surface area contributed by atoms with Crippen molar-refractivity contribution in [1.82, 2.24) is 5.43 Å². The van der Waals surface area contributed by atoms with Gasteiger partial charge in [0.25, 0.3) is 0 Å². The molecule has 2 heteroatoms. The zero-order valence-electron chi connectivity index (χ0n) is 13.8. The molecule has 1 atom stereocenters. The van der Waals surface area contributed by atoms with E-state index in [0.717, 1.165) is 5.92 Å². The maximum atomic E-state index is 5.80. The summed E-state index contributed by atoms with van der Waals surface area (Å²) in [5.74, 6) is 6.64. The molecule has 120 valence electrons. The van der Waals surface area contributed by atoms with Gasteiger partial charge in [0.1, 0.15) is 0 Å². The van der Waals surface area contributed by atoms with E-state index in [2.05, 4.69) is 12.3 Å². The van der Waals surface area contributed by atoms with Crippen molar-refractivity contribution in [1.29, 1.82) is 0 Å². The SMILES string of the molecule is CCCCCCCCCCC(NN)C1CCCCCC1. The lowest BCUT2D eigenvalue weighted by molar-refractivity contribution is 0.299. The average Bonchev–Trinajstić information content (AvgIpc) is 2.75. The third-order valence-corrected chi connectivity index (χ3v) is 5.05. The van der Waals surface area contributed by atoms with Crippen LogP contribution in [-0.4, -0.2) is 6.04 Å². The molecule has 20 heavy (non-hydrogen) atoms. The van der Waals surface area contributed by atoms with E-state index in [0.29, 0.717) is 6.04 Å². The molecule has 0 aromatic carbocycles. The van der Waals surface area contributed by atoms with Gasteiger partial charge in [-0.3, -0.25) is 11.3 Å². The summed E-state index contributed by atoms with van der Waals surface area (Å²) >= 11 is 0. The number of unbranched alkanes of at least 4 members (excludes halogenated alkanes) is 7. The summed E-state index contributed by atoms with van der Waals surface area (Å²) in [5.41, 5.74) is 3.12. The largest absolute Gasteiger partial charge is 0.271 e. The number of nitrogens with one attached hydrogen (secondary N) is 1. The predicted octanol–water partition coefficient (Wildman–Crippen LogP) is 5.32. The van der Waals surface area contributed by atoms with Gasteiger partial charge in [0.2, 0.25) is 0 Å². The van der Waals surface area contributed by atoms with Crippen LogP contribution in [0.5, 0.6) is 0 Å². The summed E-state index contributed by atoms with van der Waals surface area (Å²) in [7, 11) is 0. The molecule has 1 aliphatic carbocycles. The second-order valence-electron chi connectivity index (χ2n) is 6.79. The van der Waals surface area contributed by atoms with Crippen molar-refractivity contribution in [3.8, 4) is 0 Å². The van der Waals surface area contributed by atoms with Crippen LogP contribution >= 0.6 is 0 Å². The van der Waals surface area contributed by atoms with Crippen molar-refractivity contribution in [3.05, 3.63) is 0 Å². The first-order chi connectivity index (χ1) is 9.88. The summed E-state index contributed by atoms with van der Waals surface area (Å²) in [4.78, 5) is 0. The molecular formula is C18H38N2. The summed E-state index contributed by atoms with van der Waals surface area (Å²) in [5, 5.41) is 0. The molecule has 0 amide bonds. The Balaban J connectivity index is 2.02. The van der Waals surface area contributed by atoms with Crippen molar-refractivity contribution >= 4 is 0 Å². The van der Waals surface area contributed by atoms with Crippen LogP contribution < -0.4 is 11.3 Å². The fourth-order valence-corrected chi connectivity index (χ4v) is 3.67. The molecule has 2 nitrogen and oxygen atoms in total. The molecule has 0 saturated heterocycles. The van der Waals surface area contributed by atoms with Gasteiger partial charge in [0.05, 0.1) is 0 Å². The second-order valence-corrected chi connectivity index (χ2v) is 6.79. The number of nitrogens with two attached hydrogens (primary N) is 1. The Kier molecular flexibility index (Phi) is 11.4. The maximum Gasteiger partial charge on any atom is 0.0238 e. The normalized spacial score (nSPS) is 18.9. The monoisotopic (exact) mass is 282 g/mol. The van der Waals surface area contributed by atoms with Gasteiger partial charge in [0.15, 0.2) is 0 Å². The molecular weight excluding hydrogens is 244 g/mol. The molecule has 0 aromatic rings. The Morgan fingerprint density at radius 2 is 1.40 bits per heavy atom. The van der Waals surface area contributed by atoms with Crippen molar-refractivity contribution in [3.63, 3.8) is 0 Å². The lowest BCUT2D eigenvalue weighted by Gasteiger charge is -2.25. The first-order valence-electron chi connectivity index (χ1n) is 9.34. The van der Waals surface area contributed by atoms with E-state index in [9.17, 15) is 0 Å². The number of hydrogen-bond acceptors (Lipinski definition) is 2. The van der Waals surface area contributed by atoms with Crippen LogP contribution in [0, 0.1) is 5.92 Å². The van der Waals surface area contributed by atoms with E-state index in [-0.39, 0.29) is 0 Å². The van der Waals surface area contributed by atoms with Gasteiger partial charge in [-0.15, -0.1) is 0 Å². The van der Waals surface area contributed by atoms with Crippen molar-refractivity contribution in [2.75, 3.05) is 0 Å². The minimum atomic E-state index is 0.577. The van der Waals surface area contributed by atoms with Gasteiger partial charge in [-0.1, -0.05) is 84.0 Å². The van der Waals surface area contributed by atoms with Crippen LogP contribution in [-0.2, 0) is 0 Å². The van der Waals surface area contributed by atoms with E-state index >= 15 is 0 Å². The van der Waals surface area contributed by atoms with Crippen LogP contribution in [0.4, 0.5) is 0 Å². The van der Waals surface area contributed by atoms with E-state index in [4.69, 9.17) is 5.84 Å². The highest BCUT2D eigenvalue weighted by Gasteiger charge is 2.21. The Labute approximate surface area is 127 Å². The minimum Gasteiger partial charge on any atom is -0.271 e. The molecule has 0 spiro atoms. The van der Waals surface area contributed by atoms with Crippen LogP contribution in [0.15, 0.2) is 0 Å².